The molecule has 0 N–H and O–H groups in total. The van der Waals surface area contributed by atoms with Gasteiger partial charge in [-0.1, -0.05) is 69.2 Å². The number of carbonyl (C=O) groups excluding carboxylic acids is 2. The van der Waals surface area contributed by atoms with Gasteiger partial charge in [0, 0.05) is 37.9 Å². The normalized spacial score (nSPS) is 10.8. The highest BCUT2D eigenvalue weighted by Crippen LogP contribution is 2.17. The fourth-order valence-electron chi connectivity index (χ4n) is 4.43. The van der Waals surface area contributed by atoms with Crippen LogP contribution in [-0.2, 0) is 29.2 Å². The molecule has 6 nitrogen and oxygen atoms in total. The van der Waals surface area contributed by atoms with Crippen LogP contribution in [0.15, 0.2) is 72.9 Å². The van der Waals surface area contributed by atoms with Crippen LogP contribution in [0.1, 0.15) is 62.8 Å². The Bertz CT molecular complexity index is 1110. The van der Waals surface area contributed by atoms with Crippen LogP contribution in [0, 0.1) is 0 Å². The van der Waals surface area contributed by atoms with Crippen molar-refractivity contribution in [3.05, 3.63) is 89.7 Å². The van der Waals surface area contributed by atoms with E-state index in [9.17, 15) is 9.59 Å². The molecule has 0 saturated heterocycles. The molecule has 198 valence electrons. The molecular weight excluding hydrogens is 462 g/mol. The van der Waals surface area contributed by atoms with Gasteiger partial charge in [0.2, 0.25) is 11.8 Å². The van der Waals surface area contributed by atoms with Gasteiger partial charge in [0.05, 0.1) is 20.2 Å². The van der Waals surface area contributed by atoms with Gasteiger partial charge in [-0.2, -0.15) is 0 Å². The number of rotatable bonds is 15. The van der Waals surface area contributed by atoms with Crippen LogP contribution in [0.3, 0.4) is 0 Å². The summed E-state index contributed by atoms with van der Waals surface area (Å²) in [6, 6.07) is 22.2. The number of benzene rings is 2. The summed E-state index contributed by atoms with van der Waals surface area (Å²) in [6.45, 7) is 6.54. The Morgan fingerprint density at radius 2 is 1.59 bits per heavy atom. The Labute approximate surface area is 221 Å². The number of nitrogens with zero attached hydrogens (tertiary/aromatic N) is 3. The first-order valence-electron chi connectivity index (χ1n) is 13.4. The van der Waals surface area contributed by atoms with E-state index in [4.69, 9.17) is 4.74 Å². The van der Waals surface area contributed by atoms with Crippen molar-refractivity contribution in [3.8, 4) is 5.75 Å². The monoisotopic (exact) mass is 503 g/mol. The van der Waals surface area contributed by atoms with Crippen LogP contribution in [0.2, 0.25) is 0 Å². The molecule has 0 aliphatic carbocycles. The van der Waals surface area contributed by atoms with Gasteiger partial charge in [0.15, 0.2) is 0 Å². The van der Waals surface area contributed by atoms with Gasteiger partial charge < -0.3 is 19.1 Å². The van der Waals surface area contributed by atoms with Crippen molar-refractivity contribution in [1.29, 1.82) is 0 Å². The molecule has 6 heteroatoms. The summed E-state index contributed by atoms with van der Waals surface area (Å²) < 4.78 is 7.55. The van der Waals surface area contributed by atoms with E-state index in [0.717, 1.165) is 48.3 Å². The highest BCUT2D eigenvalue weighted by molar-refractivity contribution is 5.84. The largest absolute Gasteiger partial charge is 0.497 e. The smallest absolute Gasteiger partial charge is 0.242 e. The third kappa shape index (κ3) is 8.81. The molecule has 0 atom stereocenters. The summed E-state index contributed by atoms with van der Waals surface area (Å²) in [6.07, 6.45) is 6.34. The van der Waals surface area contributed by atoms with Crippen molar-refractivity contribution in [1.82, 2.24) is 14.4 Å². The maximum absolute atomic E-state index is 13.7. The summed E-state index contributed by atoms with van der Waals surface area (Å²) in [7, 11) is 1.67. The Morgan fingerprint density at radius 1 is 0.811 bits per heavy atom. The van der Waals surface area contributed by atoms with Crippen LogP contribution in [-0.4, -0.2) is 46.4 Å². The Balaban J connectivity index is 1.80. The van der Waals surface area contributed by atoms with Gasteiger partial charge in [-0.3, -0.25) is 9.59 Å². The average Bonchev–Trinajstić information content (AvgIpc) is 3.34. The van der Waals surface area contributed by atoms with Gasteiger partial charge in [-0.25, -0.2) is 0 Å². The summed E-state index contributed by atoms with van der Waals surface area (Å²) >= 11 is 0. The molecule has 0 saturated carbocycles. The molecule has 37 heavy (non-hydrogen) atoms. The minimum atomic E-state index is -0.0288. The number of methoxy groups -OCH3 is 1. The van der Waals surface area contributed by atoms with E-state index in [0.29, 0.717) is 32.6 Å². The molecule has 3 rings (SSSR count). The van der Waals surface area contributed by atoms with Crippen LogP contribution in [0.4, 0.5) is 0 Å². The topological polar surface area (TPSA) is 54.8 Å². The van der Waals surface area contributed by atoms with Crippen molar-refractivity contribution in [2.24, 2.45) is 0 Å². The molecule has 1 heterocycles. The number of aromatic nitrogens is 1. The van der Waals surface area contributed by atoms with E-state index in [1.807, 2.05) is 72.6 Å². The first-order chi connectivity index (χ1) is 18.0. The maximum atomic E-state index is 13.7. The lowest BCUT2D eigenvalue weighted by molar-refractivity contribution is -0.141. The van der Waals surface area contributed by atoms with E-state index in [-0.39, 0.29) is 18.4 Å². The molecule has 1 aromatic heterocycles. The molecule has 2 amide bonds. The number of unbranched alkanes of at least 4 members (excludes halogenated alkanes) is 2. The molecule has 0 radical (unpaired) electrons. The van der Waals surface area contributed by atoms with Gasteiger partial charge in [-0.05, 0) is 48.2 Å². The second-order valence-corrected chi connectivity index (χ2v) is 9.49. The van der Waals surface area contributed by atoms with Crippen LogP contribution in [0.5, 0.6) is 5.75 Å². The van der Waals surface area contributed by atoms with Crippen molar-refractivity contribution in [2.75, 3.05) is 20.2 Å². The molecule has 0 spiro atoms. The minimum Gasteiger partial charge on any atom is -0.497 e. The zero-order chi connectivity index (χ0) is 26.5. The summed E-state index contributed by atoms with van der Waals surface area (Å²) in [4.78, 5) is 30.1. The molecular formula is C31H41N3O3. The first-order valence-corrected chi connectivity index (χ1v) is 13.4. The second kappa shape index (κ2) is 14.9. The first kappa shape index (κ1) is 28.0. The highest BCUT2D eigenvalue weighted by Gasteiger charge is 2.22. The van der Waals surface area contributed by atoms with E-state index in [1.165, 1.54) is 0 Å². The molecule has 0 fully saturated rings. The molecule has 0 aliphatic rings. The SMILES string of the molecule is CCCCCN(CC(=O)N(Cc1ccccc1)Cc1cccn1Cc1cccc(OC)c1)C(=O)CCC. The van der Waals surface area contributed by atoms with Crippen LogP contribution >= 0.6 is 0 Å². The Kier molecular flexibility index (Phi) is 11.3. The number of carbonyl (C=O) groups is 2. The van der Waals surface area contributed by atoms with Crippen molar-refractivity contribution < 1.29 is 14.3 Å². The molecule has 0 unspecified atom stereocenters. The molecule has 0 aliphatic heterocycles. The molecule has 3 aromatic rings. The van der Waals surface area contributed by atoms with Crippen LogP contribution < -0.4 is 4.74 Å². The van der Waals surface area contributed by atoms with Gasteiger partial charge in [0.1, 0.15) is 5.75 Å². The number of hydrogen-bond donors (Lipinski definition) is 0. The summed E-state index contributed by atoms with van der Waals surface area (Å²) in [5.41, 5.74) is 3.24. The average molecular weight is 504 g/mol. The number of amides is 2. The second-order valence-electron chi connectivity index (χ2n) is 9.49. The lowest BCUT2D eigenvalue weighted by Crippen LogP contribution is -2.43. The highest BCUT2D eigenvalue weighted by atomic mass is 16.5. The van der Waals surface area contributed by atoms with Crippen molar-refractivity contribution in [3.63, 3.8) is 0 Å². The Hall–Kier alpha value is -3.54. The fraction of sp³-hybridized carbons (Fsp3) is 0.419. The van der Waals surface area contributed by atoms with Crippen molar-refractivity contribution in [2.45, 2.75) is 65.6 Å². The maximum Gasteiger partial charge on any atom is 0.242 e. The zero-order valence-electron chi connectivity index (χ0n) is 22.6. The van der Waals surface area contributed by atoms with E-state index < -0.39 is 0 Å². The van der Waals surface area contributed by atoms with Gasteiger partial charge in [0.25, 0.3) is 0 Å². The Morgan fingerprint density at radius 3 is 2.32 bits per heavy atom. The predicted octanol–water partition coefficient (Wildman–Crippen LogP) is 5.89. The van der Waals surface area contributed by atoms with Gasteiger partial charge >= 0.3 is 0 Å². The van der Waals surface area contributed by atoms with Crippen LogP contribution in [0.25, 0.3) is 0 Å². The standard InChI is InChI=1S/C31H41N3O3/c1-4-6-10-19-33(30(35)13-5-2)25-31(36)34(22-26-14-8-7-9-15-26)24-28-17-12-20-32(28)23-27-16-11-18-29(21-27)37-3/h7-9,11-12,14-18,20-21H,4-6,10,13,19,22-25H2,1-3H3. The van der Waals surface area contributed by atoms with Crippen molar-refractivity contribution >= 4 is 11.8 Å². The quantitative estimate of drug-likeness (QED) is 0.243. The summed E-state index contributed by atoms with van der Waals surface area (Å²) in [5, 5.41) is 0. The number of ether oxygens (including phenoxy) is 1. The molecule has 0 bridgehead atoms. The van der Waals surface area contributed by atoms with Gasteiger partial charge in [-0.15, -0.1) is 0 Å². The van der Waals surface area contributed by atoms with E-state index in [2.05, 4.69) is 23.6 Å². The third-order valence-electron chi connectivity index (χ3n) is 6.51. The third-order valence-corrected chi connectivity index (χ3v) is 6.51. The predicted molar refractivity (Wildman–Crippen MR) is 148 cm³/mol. The zero-order valence-corrected chi connectivity index (χ0v) is 22.6. The van der Waals surface area contributed by atoms with E-state index in [1.54, 1.807) is 12.0 Å². The lowest BCUT2D eigenvalue weighted by Gasteiger charge is -2.28. The lowest BCUT2D eigenvalue weighted by atomic mass is 10.2. The van der Waals surface area contributed by atoms with E-state index >= 15 is 0 Å². The number of hydrogen-bond acceptors (Lipinski definition) is 3. The summed E-state index contributed by atoms with van der Waals surface area (Å²) in [5.74, 6) is 0.860. The molecule has 2 aromatic carbocycles. The fourth-order valence-corrected chi connectivity index (χ4v) is 4.43. The minimum absolute atomic E-state index is 0.0288.